The first-order valence-corrected chi connectivity index (χ1v) is 10.4. The van der Waals surface area contributed by atoms with Gasteiger partial charge in [-0.25, -0.2) is 0 Å². The number of aromatic nitrogens is 1. The van der Waals surface area contributed by atoms with Crippen molar-refractivity contribution in [2.24, 2.45) is 0 Å². The second-order valence-electron chi connectivity index (χ2n) is 7.53. The fraction of sp³-hybridized carbons (Fsp3) is 0.240. The Morgan fingerprint density at radius 3 is 2.43 bits per heavy atom. The van der Waals surface area contributed by atoms with Crippen LogP contribution >= 0.6 is 0 Å². The van der Waals surface area contributed by atoms with Crippen LogP contribution in [0.5, 0.6) is 0 Å². The Morgan fingerprint density at radius 2 is 1.67 bits per heavy atom. The van der Waals surface area contributed by atoms with Crippen molar-refractivity contribution in [3.8, 4) is 0 Å². The molecule has 5 nitrogen and oxygen atoms in total. The summed E-state index contributed by atoms with van der Waals surface area (Å²) < 4.78 is 0. The third-order valence-electron chi connectivity index (χ3n) is 5.41. The van der Waals surface area contributed by atoms with Crippen molar-refractivity contribution in [1.29, 1.82) is 0 Å². The number of fused-ring (bicyclic) bond motifs is 1. The molecule has 0 saturated heterocycles. The normalized spacial score (nSPS) is 13.5. The minimum atomic E-state index is -0.232. The van der Waals surface area contributed by atoms with Crippen molar-refractivity contribution in [3.05, 3.63) is 83.6 Å². The van der Waals surface area contributed by atoms with Gasteiger partial charge in [-0.3, -0.25) is 14.6 Å². The molecule has 5 heteroatoms. The Balaban J connectivity index is 1.36. The summed E-state index contributed by atoms with van der Waals surface area (Å²) in [4.78, 5) is 29.4. The lowest BCUT2D eigenvalue weighted by atomic mass is 9.97. The van der Waals surface area contributed by atoms with Crippen LogP contribution in [0.2, 0.25) is 0 Å². The van der Waals surface area contributed by atoms with Crippen LogP contribution in [0.25, 0.3) is 10.9 Å². The fourth-order valence-electron chi connectivity index (χ4n) is 3.74. The summed E-state index contributed by atoms with van der Waals surface area (Å²) in [6.07, 6.45) is 9.73. The van der Waals surface area contributed by atoms with Crippen LogP contribution in [-0.2, 0) is 0 Å². The lowest BCUT2D eigenvalue weighted by Gasteiger charge is -2.13. The Kier molecular flexibility index (Phi) is 6.18. The number of benzene rings is 2. The van der Waals surface area contributed by atoms with Crippen molar-refractivity contribution >= 4 is 28.4 Å². The Bertz CT molecular complexity index is 1080. The summed E-state index contributed by atoms with van der Waals surface area (Å²) in [6.45, 7) is 0.640. The number of nitrogens with zero attached hydrogens (tertiary/aromatic N) is 1. The quantitative estimate of drug-likeness (QED) is 0.566. The number of rotatable bonds is 6. The van der Waals surface area contributed by atoms with Crippen LogP contribution in [0, 0.1) is 0 Å². The Morgan fingerprint density at radius 1 is 0.900 bits per heavy atom. The molecule has 0 fully saturated rings. The highest BCUT2D eigenvalue weighted by Gasteiger charge is 2.11. The van der Waals surface area contributed by atoms with Crippen molar-refractivity contribution in [2.45, 2.75) is 32.1 Å². The molecule has 2 amide bonds. The van der Waals surface area contributed by atoms with Gasteiger partial charge in [-0.05, 0) is 68.5 Å². The second kappa shape index (κ2) is 9.35. The molecule has 2 aromatic carbocycles. The van der Waals surface area contributed by atoms with Gasteiger partial charge in [0.15, 0.2) is 0 Å². The van der Waals surface area contributed by atoms with Gasteiger partial charge in [0.05, 0.1) is 11.2 Å². The molecule has 0 radical (unpaired) electrons. The fourth-order valence-corrected chi connectivity index (χ4v) is 3.74. The van der Waals surface area contributed by atoms with Gasteiger partial charge in [0, 0.05) is 29.3 Å². The van der Waals surface area contributed by atoms with E-state index in [0.717, 1.165) is 30.2 Å². The summed E-state index contributed by atoms with van der Waals surface area (Å²) in [5.74, 6) is -0.346. The van der Waals surface area contributed by atoms with E-state index in [4.69, 9.17) is 0 Å². The van der Waals surface area contributed by atoms with E-state index < -0.39 is 0 Å². The van der Waals surface area contributed by atoms with E-state index in [9.17, 15) is 9.59 Å². The average molecular weight is 399 g/mol. The number of hydrogen-bond donors (Lipinski definition) is 2. The zero-order valence-corrected chi connectivity index (χ0v) is 16.9. The molecule has 3 aromatic rings. The number of nitrogens with one attached hydrogen (secondary N) is 2. The molecule has 0 spiro atoms. The molecule has 0 bridgehead atoms. The van der Waals surface area contributed by atoms with Crippen LogP contribution in [-0.4, -0.2) is 23.3 Å². The molecular weight excluding hydrogens is 374 g/mol. The van der Waals surface area contributed by atoms with E-state index in [1.807, 2.05) is 30.3 Å². The van der Waals surface area contributed by atoms with Gasteiger partial charge in [0.1, 0.15) is 0 Å². The van der Waals surface area contributed by atoms with Gasteiger partial charge in [-0.15, -0.1) is 0 Å². The molecule has 2 N–H and O–H groups in total. The summed E-state index contributed by atoms with van der Waals surface area (Å²) in [5, 5.41) is 6.84. The first kappa shape index (κ1) is 19.8. The van der Waals surface area contributed by atoms with Crippen molar-refractivity contribution in [1.82, 2.24) is 10.3 Å². The summed E-state index contributed by atoms with van der Waals surface area (Å²) in [5.41, 5.74) is 3.90. The number of pyridine rings is 1. The van der Waals surface area contributed by atoms with Gasteiger partial charge >= 0.3 is 0 Å². The highest BCUT2D eigenvalue weighted by Crippen LogP contribution is 2.22. The highest BCUT2D eigenvalue weighted by atomic mass is 16.2. The molecule has 30 heavy (non-hydrogen) atoms. The van der Waals surface area contributed by atoms with Crippen LogP contribution in [0.15, 0.2) is 72.4 Å². The lowest BCUT2D eigenvalue weighted by molar-refractivity contribution is 0.0952. The maximum atomic E-state index is 12.6. The van der Waals surface area contributed by atoms with Gasteiger partial charge in [0.25, 0.3) is 11.8 Å². The van der Waals surface area contributed by atoms with Crippen molar-refractivity contribution in [2.75, 3.05) is 11.9 Å². The largest absolute Gasteiger partial charge is 0.352 e. The number of hydrogen-bond acceptors (Lipinski definition) is 3. The van der Waals surface area contributed by atoms with E-state index in [2.05, 4.69) is 21.7 Å². The van der Waals surface area contributed by atoms with E-state index in [1.54, 1.807) is 30.5 Å². The number of para-hydroxylation sites is 1. The predicted octanol–water partition coefficient (Wildman–Crippen LogP) is 5.11. The highest BCUT2D eigenvalue weighted by molar-refractivity contribution is 6.08. The van der Waals surface area contributed by atoms with Gasteiger partial charge in [-0.2, -0.15) is 0 Å². The minimum absolute atomic E-state index is 0.114. The maximum Gasteiger partial charge on any atom is 0.255 e. The molecule has 0 atom stereocenters. The molecule has 4 rings (SSSR count). The Labute approximate surface area is 176 Å². The lowest BCUT2D eigenvalue weighted by Crippen LogP contribution is -2.25. The third kappa shape index (κ3) is 4.74. The Hall–Kier alpha value is -3.47. The van der Waals surface area contributed by atoms with Crippen LogP contribution in [0.4, 0.5) is 5.69 Å². The molecule has 1 aromatic heterocycles. The minimum Gasteiger partial charge on any atom is -0.352 e. The topological polar surface area (TPSA) is 71.1 Å². The van der Waals surface area contributed by atoms with Crippen LogP contribution in [0.1, 0.15) is 52.8 Å². The first-order valence-electron chi connectivity index (χ1n) is 10.4. The number of anilines is 1. The smallest absolute Gasteiger partial charge is 0.255 e. The van der Waals surface area contributed by atoms with E-state index in [1.165, 1.54) is 18.4 Å². The average Bonchev–Trinajstić information content (AvgIpc) is 2.80. The standard InChI is InChI=1S/C25H25N3O2/c29-24(27-17-15-18-6-2-1-3-7-18)20-11-13-21(14-12-20)25(30)28-22-10-4-8-19-9-5-16-26-23(19)22/h4-6,8-14,16H,1-3,7,15,17H2,(H,27,29)(H,28,30). The van der Waals surface area contributed by atoms with Gasteiger partial charge in [0.2, 0.25) is 0 Å². The molecule has 0 aliphatic heterocycles. The summed E-state index contributed by atoms with van der Waals surface area (Å²) >= 11 is 0. The van der Waals surface area contributed by atoms with E-state index >= 15 is 0 Å². The number of amides is 2. The number of carbonyl (C=O) groups is 2. The monoisotopic (exact) mass is 399 g/mol. The maximum absolute atomic E-state index is 12.6. The van der Waals surface area contributed by atoms with E-state index in [-0.39, 0.29) is 11.8 Å². The zero-order chi connectivity index (χ0) is 20.8. The zero-order valence-electron chi connectivity index (χ0n) is 16.9. The van der Waals surface area contributed by atoms with Gasteiger partial charge in [-0.1, -0.05) is 29.8 Å². The second-order valence-corrected chi connectivity index (χ2v) is 7.53. The number of allylic oxidation sites excluding steroid dienone is 1. The molecule has 1 heterocycles. The molecule has 152 valence electrons. The van der Waals surface area contributed by atoms with Crippen molar-refractivity contribution in [3.63, 3.8) is 0 Å². The molecule has 0 unspecified atom stereocenters. The molecule has 1 aliphatic rings. The third-order valence-corrected chi connectivity index (χ3v) is 5.41. The van der Waals surface area contributed by atoms with E-state index in [0.29, 0.717) is 23.4 Å². The number of carbonyl (C=O) groups excluding carboxylic acids is 2. The van der Waals surface area contributed by atoms with Crippen LogP contribution < -0.4 is 10.6 Å². The molecule has 0 saturated carbocycles. The van der Waals surface area contributed by atoms with Crippen LogP contribution in [0.3, 0.4) is 0 Å². The summed E-state index contributed by atoms with van der Waals surface area (Å²) in [6, 6.07) is 16.2. The predicted molar refractivity (Wildman–Crippen MR) is 120 cm³/mol. The summed E-state index contributed by atoms with van der Waals surface area (Å²) in [7, 11) is 0. The molecular formula is C25H25N3O2. The SMILES string of the molecule is O=C(NCCC1=CCCCC1)c1ccc(C(=O)Nc2cccc3cccnc23)cc1. The van der Waals surface area contributed by atoms with Crippen molar-refractivity contribution < 1.29 is 9.59 Å². The first-order chi connectivity index (χ1) is 14.7. The van der Waals surface area contributed by atoms with Gasteiger partial charge < -0.3 is 10.6 Å². The molecule has 1 aliphatic carbocycles.